The second-order valence-corrected chi connectivity index (χ2v) is 9.40. The van der Waals surface area contributed by atoms with Gasteiger partial charge in [0.25, 0.3) is 5.56 Å². The minimum atomic E-state index is -1.26. The lowest BCUT2D eigenvalue weighted by Gasteiger charge is -2.23. The first-order valence-corrected chi connectivity index (χ1v) is 12.3. The molecular weight excluding hydrogens is 489 g/mol. The molecule has 8 heteroatoms. The lowest BCUT2D eigenvalue weighted by molar-refractivity contribution is -0.140. The number of nitrogens with zero attached hydrogens (tertiary/aromatic N) is 1. The number of carbonyl (C=O) groups is 2. The zero-order valence-electron chi connectivity index (χ0n) is 21.7. The number of pyridine rings is 1. The molecule has 38 heavy (non-hydrogen) atoms. The van der Waals surface area contributed by atoms with Crippen molar-refractivity contribution in [3.05, 3.63) is 99.2 Å². The van der Waals surface area contributed by atoms with Crippen LogP contribution in [0.1, 0.15) is 55.0 Å². The first kappa shape index (κ1) is 28.7. The molecule has 200 valence electrons. The Kier molecular flexibility index (Phi) is 9.87. The number of rotatable bonds is 12. The average Bonchev–Trinajstić information content (AvgIpc) is 2.86. The maximum Gasteiger partial charge on any atom is 0.310 e. The number of halogens is 1. The number of carboxylic acids is 1. The number of aliphatic hydroxyl groups excluding tert-OH is 1. The Bertz CT molecular complexity index is 1360. The number of carboxylic acid groups (broad SMARTS) is 1. The predicted octanol–water partition coefficient (Wildman–Crippen LogP) is 4.84. The summed E-state index contributed by atoms with van der Waals surface area (Å²) in [5.41, 5.74) is 3.51. The van der Waals surface area contributed by atoms with Crippen molar-refractivity contribution in [3.63, 3.8) is 0 Å². The maximum absolute atomic E-state index is 13.8. The van der Waals surface area contributed by atoms with Gasteiger partial charge < -0.3 is 19.5 Å². The first-order chi connectivity index (χ1) is 18.1. The zero-order valence-corrected chi connectivity index (χ0v) is 21.7. The van der Waals surface area contributed by atoms with Gasteiger partial charge in [0.05, 0.1) is 24.9 Å². The Hall–Kier alpha value is -3.88. The van der Waals surface area contributed by atoms with Crippen molar-refractivity contribution in [2.24, 2.45) is 7.05 Å². The lowest BCUT2D eigenvalue weighted by atomic mass is 9.90. The highest BCUT2D eigenvalue weighted by Gasteiger charge is 2.22. The van der Waals surface area contributed by atoms with Crippen LogP contribution < -0.4 is 5.56 Å². The van der Waals surface area contributed by atoms with E-state index in [1.54, 1.807) is 29.8 Å². The topological polar surface area (TPSA) is 106 Å². The number of Topliss-reactive ketones (excluding diaryl/α,β-unsaturated/α-hetero) is 1. The molecule has 0 amide bonds. The molecule has 7 nitrogen and oxygen atoms in total. The summed E-state index contributed by atoms with van der Waals surface area (Å²) in [6, 6.07) is 15.3. The minimum absolute atomic E-state index is 0.00680. The summed E-state index contributed by atoms with van der Waals surface area (Å²) in [5, 5.41) is 19.3. The van der Waals surface area contributed by atoms with Crippen LogP contribution >= 0.6 is 0 Å². The second kappa shape index (κ2) is 13.1. The van der Waals surface area contributed by atoms with Gasteiger partial charge in [-0.1, -0.05) is 68.5 Å². The van der Waals surface area contributed by atoms with Gasteiger partial charge in [0.2, 0.25) is 0 Å². The summed E-state index contributed by atoms with van der Waals surface area (Å²) in [6.07, 6.45) is 0.786. The molecule has 0 aliphatic rings. The number of carbonyl (C=O) groups excluding carboxylic acids is 1. The molecular formula is C30H32FNO6. The number of ketones is 1. The Morgan fingerprint density at radius 1 is 1.05 bits per heavy atom. The van der Waals surface area contributed by atoms with Crippen LogP contribution in [0.3, 0.4) is 0 Å². The fourth-order valence-corrected chi connectivity index (χ4v) is 4.43. The quantitative estimate of drug-likeness (QED) is 0.331. The van der Waals surface area contributed by atoms with Crippen molar-refractivity contribution < 1.29 is 28.9 Å². The summed E-state index contributed by atoms with van der Waals surface area (Å²) in [7, 11) is 1.66. The van der Waals surface area contributed by atoms with E-state index in [-0.39, 0.29) is 31.1 Å². The molecule has 0 spiro atoms. The lowest BCUT2D eigenvalue weighted by Crippen LogP contribution is -2.28. The predicted molar refractivity (Wildman–Crippen MR) is 143 cm³/mol. The van der Waals surface area contributed by atoms with Crippen LogP contribution in [0.25, 0.3) is 17.2 Å². The fraction of sp³-hybridized carbons (Fsp3) is 0.300. The third-order valence-electron chi connectivity index (χ3n) is 6.08. The highest BCUT2D eigenvalue weighted by Crippen LogP contribution is 2.33. The molecule has 0 aliphatic heterocycles. The molecule has 0 saturated carbocycles. The molecule has 2 aromatic carbocycles. The van der Waals surface area contributed by atoms with E-state index >= 15 is 0 Å². The second-order valence-electron chi connectivity index (χ2n) is 9.40. The van der Waals surface area contributed by atoms with Gasteiger partial charge in [0, 0.05) is 30.3 Å². The smallest absolute Gasteiger partial charge is 0.310 e. The van der Waals surface area contributed by atoms with E-state index in [2.05, 4.69) is 0 Å². The average molecular weight is 522 g/mol. The van der Waals surface area contributed by atoms with Crippen molar-refractivity contribution in [2.45, 2.75) is 51.9 Å². The summed E-state index contributed by atoms with van der Waals surface area (Å²) >= 11 is 0. The number of hydrogen-bond acceptors (Lipinski definition) is 5. The van der Waals surface area contributed by atoms with Crippen LogP contribution in [0, 0.1) is 5.82 Å². The van der Waals surface area contributed by atoms with Crippen LogP contribution in [-0.2, 0) is 34.6 Å². The van der Waals surface area contributed by atoms with Gasteiger partial charge >= 0.3 is 5.97 Å². The zero-order chi connectivity index (χ0) is 27.8. The third-order valence-corrected chi connectivity index (χ3v) is 6.08. The number of hydrogen-bond donors (Lipinski definition) is 2. The molecule has 1 unspecified atom stereocenters. The van der Waals surface area contributed by atoms with E-state index < -0.39 is 30.1 Å². The van der Waals surface area contributed by atoms with Crippen molar-refractivity contribution in [2.75, 3.05) is 0 Å². The molecule has 0 bridgehead atoms. The van der Waals surface area contributed by atoms with Crippen molar-refractivity contribution in [1.82, 2.24) is 4.57 Å². The van der Waals surface area contributed by atoms with E-state index in [0.29, 0.717) is 27.9 Å². The molecule has 2 N–H and O–H groups in total. The number of benzene rings is 2. The van der Waals surface area contributed by atoms with E-state index in [1.165, 1.54) is 18.2 Å². The SMILES string of the molecule is CC(C)c1c(C=CC(O)CC(=O)CC(=O)O)c(-c2ccc(F)cc2)c(COCc2ccccc2)c(=O)n1C. The maximum atomic E-state index is 13.8. The summed E-state index contributed by atoms with van der Waals surface area (Å²) < 4.78 is 21.3. The van der Waals surface area contributed by atoms with E-state index in [9.17, 15) is 23.9 Å². The molecule has 0 radical (unpaired) electrons. The standard InChI is InChI=1S/C30H32FNO6/c1-19(2)29-25(14-13-23(33)15-24(34)16-27(35)36)28(21-9-11-22(31)12-10-21)26(30(37)32(29)3)18-38-17-20-7-5-4-6-8-20/h4-14,19,23,33H,15-18H2,1-3H3,(H,35,36). The van der Waals surface area contributed by atoms with Crippen LogP contribution in [0.4, 0.5) is 4.39 Å². The molecule has 0 fully saturated rings. The highest BCUT2D eigenvalue weighted by molar-refractivity contribution is 5.95. The van der Waals surface area contributed by atoms with Crippen LogP contribution in [0.15, 0.2) is 65.5 Å². The van der Waals surface area contributed by atoms with Crippen LogP contribution in [-0.4, -0.2) is 32.6 Å². The van der Waals surface area contributed by atoms with Gasteiger partial charge in [0.1, 0.15) is 18.0 Å². The number of aliphatic carboxylic acids is 1. The number of ether oxygens (including phenoxy) is 1. The van der Waals surface area contributed by atoms with Gasteiger partial charge in [-0.05, 0) is 29.2 Å². The summed E-state index contributed by atoms with van der Waals surface area (Å²) in [6.45, 7) is 4.14. The largest absolute Gasteiger partial charge is 0.481 e. The fourth-order valence-electron chi connectivity index (χ4n) is 4.43. The molecule has 3 rings (SSSR count). The summed E-state index contributed by atoms with van der Waals surface area (Å²) in [4.78, 5) is 36.3. The van der Waals surface area contributed by atoms with Crippen molar-refractivity contribution in [3.8, 4) is 11.1 Å². The van der Waals surface area contributed by atoms with Crippen LogP contribution in [0.2, 0.25) is 0 Å². The Morgan fingerprint density at radius 2 is 1.71 bits per heavy atom. The molecule has 1 atom stereocenters. The summed E-state index contributed by atoms with van der Waals surface area (Å²) in [5.74, 6) is -2.39. The molecule has 3 aromatic rings. The van der Waals surface area contributed by atoms with E-state index in [1.807, 2.05) is 44.2 Å². The third kappa shape index (κ3) is 7.34. The minimum Gasteiger partial charge on any atom is -0.481 e. The Morgan fingerprint density at radius 3 is 2.32 bits per heavy atom. The number of aliphatic hydroxyl groups is 1. The molecule has 0 aliphatic carbocycles. The van der Waals surface area contributed by atoms with Crippen molar-refractivity contribution in [1.29, 1.82) is 0 Å². The molecule has 1 aromatic heterocycles. The van der Waals surface area contributed by atoms with E-state index in [0.717, 1.165) is 5.56 Å². The van der Waals surface area contributed by atoms with E-state index in [4.69, 9.17) is 9.84 Å². The highest BCUT2D eigenvalue weighted by atomic mass is 19.1. The van der Waals surface area contributed by atoms with Gasteiger partial charge in [-0.3, -0.25) is 14.4 Å². The van der Waals surface area contributed by atoms with Crippen molar-refractivity contribution >= 4 is 17.8 Å². The normalized spacial score (nSPS) is 12.3. The molecule has 1 heterocycles. The van der Waals surface area contributed by atoms with Gasteiger partial charge in [-0.15, -0.1) is 0 Å². The first-order valence-electron chi connectivity index (χ1n) is 12.3. The van der Waals surface area contributed by atoms with Gasteiger partial charge in [-0.2, -0.15) is 0 Å². The molecule has 0 saturated heterocycles. The number of aromatic nitrogens is 1. The Labute approximate surface area is 220 Å². The van der Waals surface area contributed by atoms with Crippen LogP contribution in [0.5, 0.6) is 0 Å². The monoisotopic (exact) mass is 521 g/mol. The van der Waals surface area contributed by atoms with Gasteiger partial charge in [-0.25, -0.2) is 4.39 Å². The van der Waals surface area contributed by atoms with Gasteiger partial charge in [0.15, 0.2) is 0 Å². The Balaban J connectivity index is 2.11.